The summed E-state index contributed by atoms with van der Waals surface area (Å²) in [6.45, 7) is 1.99. The SMILES string of the molecule is CCCC(=O)Oc1c(S)ccc(C(c2ccccc2)c2ccccc2)c1CCCc1ccccc1. The Hall–Kier alpha value is -3.30. The maximum Gasteiger partial charge on any atom is 0.311 e. The number of carbonyl (C=O) groups excluding carboxylic acids is 1. The molecule has 178 valence electrons. The molecule has 0 unspecified atom stereocenters. The summed E-state index contributed by atoms with van der Waals surface area (Å²) in [5, 5.41) is 0. The molecule has 0 aliphatic rings. The van der Waals surface area contributed by atoms with E-state index in [1.807, 2.05) is 31.2 Å². The van der Waals surface area contributed by atoms with Crippen LogP contribution >= 0.6 is 12.6 Å². The molecule has 0 radical (unpaired) electrons. The molecule has 35 heavy (non-hydrogen) atoms. The Morgan fingerprint density at radius 3 is 1.91 bits per heavy atom. The van der Waals surface area contributed by atoms with E-state index in [4.69, 9.17) is 17.4 Å². The highest BCUT2D eigenvalue weighted by Crippen LogP contribution is 2.40. The smallest absolute Gasteiger partial charge is 0.311 e. The van der Waals surface area contributed by atoms with Crippen LogP contribution in [0.25, 0.3) is 0 Å². The van der Waals surface area contributed by atoms with Crippen molar-refractivity contribution < 1.29 is 9.53 Å². The van der Waals surface area contributed by atoms with Crippen LogP contribution in [-0.4, -0.2) is 5.97 Å². The van der Waals surface area contributed by atoms with Crippen LogP contribution in [0.5, 0.6) is 5.75 Å². The molecule has 0 heterocycles. The molecule has 0 N–H and O–H groups in total. The van der Waals surface area contributed by atoms with E-state index in [1.165, 1.54) is 16.7 Å². The minimum atomic E-state index is -0.208. The average molecular weight is 481 g/mol. The number of ether oxygens (including phenoxy) is 1. The van der Waals surface area contributed by atoms with Gasteiger partial charge in [-0.15, -0.1) is 12.6 Å². The summed E-state index contributed by atoms with van der Waals surface area (Å²) in [4.78, 5) is 13.3. The summed E-state index contributed by atoms with van der Waals surface area (Å²) in [6, 6.07) is 35.7. The Morgan fingerprint density at radius 1 is 0.771 bits per heavy atom. The van der Waals surface area contributed by atoms with E-state index in [1.54, 1.807) is 0 Å². The molecule has 0 amide bonds. The number of hydrogen-bond acceptors (Lipinski definition) is 3. The molecule has 4 aromatic rings. The zero-order valence-corrected chi connectivity index (χ0v) is 21.1. The second-order valence-electron chi connectivity index (χ2n) is 8.80. The monoisotopic (exact) mass is 480 g/mol. The zero-order chi connectivity index (χ0) is 24.5. The molecule has 0 spiro atoms. The van der Waals surface area contributed by atoms with Gasteiger partial charge in [-0.3, -0.25) is 4.79 Å². The van der Waals surface area contributed by atoms with Gasteiger partial charge >= 0.3 is 5.97 Å². The van der Waals surface area contributed by atoms with Gasteiger partial charge in [0.15, 0.2) is 0 Å². The Morgan fingerprint density at radius 2 is 1.34 bits per heavy atom. The highest BCUT2D eigenvalue weighted by molar-refractivity contribution is 7.80. The largest absolute Gasteiger partial charge is 0.425 e. The molecule has 0 aliphatic heterocycles. The number of thiol groups is 1. The van der Waals surface area contributed by atoms with Crippen molar-refractivity contribution in [1.29, 1.82) is 0 Å². The van der Waals surface area contributed by atoms with Crippen LogP contribution in [0.3, 0.4) is 0 Å². The van der Waals surface area contributed by atoms with Crippen LogP contribution in [0.4, 0.5) is 0 Å². The summed E-state index contributed by atoms with van der Waals surface area (Å²) >= 11 is 4.72. The van der Waals surface area contributed by atoms with Gasteiger partial charge in [0.25, 0.3) is 0 Å². The van der Waals surface area contributed by atoms with E-state index < -0.39 is 0 Å². The van der Waals surface area contributed by atoms with Gasteiger partial charge in [-0.05, 0) is 54.0 Å². The van der Waals surface area contributed by atoms with Gasteiger partial charge in [0.05, 0.1) is 0 Å². The molecule has 2 nitrogen and oxygen atoms in total. The lowest BCUT2D eigenvalue weighted by atomic mass is 9.81. The van der Waals surface area contributed by atoms with Gasteiger partial charge in [0.2, 0.25) is 0 Å². The first kappa shape index (κ1) is 24.8. The first-order chi connectivity index (χ1) is 17.2. The predicted octanol–water partition coefficient (Wildman–Crippen LogP) is 8.04. The molecular weight excluding hydrogens is 448 g/mol. The van der Waals surface area contributed by atoms with E-state index in [9.17, 15) is 4.79 Å². The van der Waals surface area contributed by atoms with Crippen molar-refractivity contribution in [2.45, 2.75) is 49.8 Å². The van der Waals surface area contributed by atoms with E-state index in [2.05, 4.69) is 78.9 Å². The van der Waals surface area contributed by atoms with Crippen molar-refractivity contribution in [2.24, 2.45) is 0 Å². The number of esters is 1. The fourth-order valence-electron chi connectivity index (χ4n) is 4.60. The van der Waals surface area contributed by atoms with Crippen LogP contribution in [0.1, 0.15) is 59.9 Å². The first-order valence-corrected chi connectivity index (χ1v) is 12.8. The normalized spacial score (nSPS) is 10.9. The fraction of sp³-hybridized carbons (Fsp3) is 0.219. The maximum absolute atomic E-state index is 12.6. The van der Waals surface area contributed by atoms with Crippen LogP contribution in [-0.2, 0) is 17.6 Å². The molecule has 3 heteroatoms. The molecule has 0 saturated heterocycles. The minimum absolute atomic E-state index is 0.0293. The van der Waals surface area contributed by atoms with Crippen LogP contribution in [0.15, 0.2) is 108 Å². The molecule has 0 aromatic heterocycles. The number of benzene rings is 4. The quantitative estimate of drug-likeness (QED) is 0.108. The lowest BCUT2D eigenvalue weighted by molar-refractivity contribution is -0.134. The number of hydrogen-bond donors (Lipinski definition) is 1. The molecule has 0 saturated carbocycles. The highest BCUT2D eigenvalue weighted by atomic mass is 32.1. The van der Waals surface area contributed by atoms with Crippen molar-refractivity contribution in [1.82, 2.24) is 0 Å². The Kier molecular flexibility index (Phi) is 8.80. The van der Waals surface area contributed by atoms with Crippen molar-refractivity contribution in [3.8, 4) is 5.75 Å². The van der Waals surface area contributed by atoms with Crippen molar-refractivity contribution in [2.75, 3.05) is 0 Å². The lowest BCUT2D eigenvalue weighted by Gasteiger charge is -2.24. The molecule has 0 bridgehead atoms. The van der Waals surface area contributed by atoms with Gasteiger partial charge in [-0.2, -0.15) is 0 Å². The molecule has 0 aliphatic carbocycles. The van der Waals surface area contributed by atoms with E-state index >= 15 is 0 Å². The summed E-state index contributed by atoms with van der Waals surface area (Å²) < 4.78 is 5.97. The average Bonchev–Trinajstić information content (AvgIpc) is 2.89. The zero-order valence-electron chi connectivity index (χ0n) is 20.2. The second kappa shape index (κ2) is 12.4. The fourth-order valence-corrected chi connectivity index (χ4v) is 4.85. The predicted molar refractivity (Wildman–Crippen MR) is 147 cm³/mol. The molecule has 0 fully saturated rings. The number of aryl methyl sites for hydroxylation is 1. The van der Waals surface area contributed by atoms with E-state index in [0.717, 1.165) is 36.8 Å². The van der Waals surface area contributed by atoms with Crippen LogP contribution < -0.4 is 4.74 Å². The van der Waals surface area contributed by atoms with Crippen LogP contribution in [0.2, 0.25) is 0 Å². The maximum atomic E-state index is 12.6. The molecule has 0 atom stereocenters. The minimum Gasteiger partial charge on any atom is -0.425 e. The van der Waals surface area contributed by atoms with Gasteiger partial charge in [0, 0.05) is 22.8 Å². The van der Waals surface area contributed by atoms with Crippen molar-refractivity contribution >= 4 is 18.6 Å². The summed E-state index contributed by atoms with van der Waals surface area (Å²) in [5.41, 5.74) is 5.95. The van der Waals surface area contributed by atoms with Gasteiger partial charge < -0.3 is 4.74 Å². The van der Waals surface area contributed by atoms with Crippen molar-refractivity contribution in [3.05, 3.63) is 131 Å². The Labute approximate surface area is 214 Å². The van der Waals surface area contributed by atoms with Gasteiger partial charge in [-0.25, -0.2) is 0 Å². The third-order valence-electron chi connectivity index (χ3n) is 6.26. The Balaban J connectivity index is 1.79. The summed E-state index contributed by atoms with van der Waals surface area (Å²) in [7, 11) is 0. The van der Waals surface area contributed by atoms with Gasteiger partial charge in [0.1, 0.15) is 5.75 Å². The number of rotatable bonds is 10. The van der Waals surface area contributed by atoms with E-state index in [0.29, 0.717) is 17.1 Å². The van der Waals surface area contributed by atoms with Crippen molar-refractivity contribution in [3.63, 3.8) is 0 Å². The topological polar surface area (TPSA) is 26.3 Å². The molecule has 4 rings (SSSR count). The van der Waals surface area contributed by atoms with Gasteiger partial charge in [-0.1, -0.05) is 104 Å². The standard InChI is InChI=1S/C32H32O2S/c1-2-13-30(33)34-32-28(21-12-16-24-14-6-3-7-15-24)27(22-23-29(32)35)31(25-17-8-4-9-18-25)26-19-10-5-11-20-26/h3-11,14-15,17-20,22-23,31,35H,2,12-13,16,21H2,1H3. The summed E-state index contributed by atoms with van der Waals surface area (Å²) in [6.07, 6.45) is 3.84. The lowest BCUT2D eigenvalue weighted by Crippen LogP contribution is -2.13. The first-order valence-electron chi connectivity index (χ1n) is 12.4. The Bertz CT molecular complexity index is 1180. The third kappa shape index (κ3) is 6.43. The molecule has 4 aromatic carbocycles. The van der Waals surface area contributed by atoms with Crippen LogP contribution in [0, 0.1) is 0 Å². The number of carbonyl (C=O) groups is 1. The van der Waals surface area contributed by atoms with E-state index in [-0.39, 0.29) is 11.9 Å². The highest BCUT2D eigenvalue weighted by Gasteiger charge is 2.24. The third-order valence-corrected chi connectivity index (χ3v) is 6.61. The molecular formula is C32H32O2S. The summed E-state index contributed by atoms with van der Waals surface area (Å²) in [5.74, 6) is 0.427. The second-order valence-corrected chi connectivity index (χ2v) is 9.28.